The molecule has 0 bridgehead atoms. The number of terminal acetylenes is 1. The first-order valence-electron chi connectivity index (χ1n) is 8.24. The second-order valence-electron chi connectivity index (χ2n) is 5.53. The van der Waals surface area contributed by atoms with Crippen LogP contribution in [0, 0.1) is 12.3 Å². The summed E-state index contributed by atoms with van der Waals surface area (Å²) in [7, 11) is 0. The highest BCUT2D eigenvalue weighted by molar-refractivity contribution is 8.04. The second kappa shape index (κ2) is 8.43. The Morgan fingerprint density at radius 1 is 1.37 bits per heavy atom. The zero-order chi connectivity index (χ0) is 19.2. The van der Waals surface area contributed by atoms with Gasteiger partial charge < -0.3 is 9.84 Å². The average Bonchev–Trinajstić information content (AvgIpc) is 3.14. The topological polar surface area (TPSA) is 88.1 Å². The molecule has 0 amide bonds. The Balaban J connectivity index is 2.08. The molecule has 2 N–H and O–H groups in total. The number of aryl methyl sites for hydroxylation is 1. The van der Waals surface area contributed by atoms with Gasteiger partial charge in [-0.2, -0.15) is 0 Å². The lowest BCUT2D eigenvalue weighted by molar-refractivity contribution is -0.131. The van der Waals surface area contributed by atoms with E-state index < -0.39 is 5.97 Å². The standard InChI is InChI=1S/C20H17N3O3S/c1-3-11-26-16-10-9-13-7-5-6-8-14(13)15(16)12-17(19(24)25)27-20-21-18(4-2)22-23-20/h1,5-10,12H,4,11H2,2H3,(H,24,25)(H,21,22,23)/b17-12-. The van der Waals surface area contributed by atoms with E-state index >= 15 is 0 Å². The molecule has 1 aromatic heterocycles. The fraction of sp³-hybridized carbons (Fsp3) is 0.150. The smallest absolute Gasteiger partial charge is 0.342 e. The number of rotatable bonds is 7. The van der Waals surface area contributed by atoms with E-state index in [1.807, 2.05) is 37.3 Å². The third-order valence-electron chi connectivity index (χ3n) is 3.78. The van der Waals surface area contributed by atoms with Crippen LogP contribution in [0.4, 0.5) is 0 Å². The Bertz CT molecular complexity index is 1050. The molecular weight excluding hydrogens is 362 g/mol. The average molecular weight is 379 g/mol. The number of carboxylic acid groups (broad SMARTS) is 1. The molecule has 3 rings (SSSR count). The molecule has 136 valence electrons. The van der Waals surface area contributed by atoms with Gasteiger partial charge in [0.1, 0.15) is 23.1 Å². The fourth-order valence-electron chi connectivity index (χ4n) is 2.52. The van der Waals surface area contributed by atoms with E-state index in [0.717, 1.165) is 22.5 Å². The number of benzene rings is 2. The highest BCUT2D eigenvalue weighted by atomic mass is 32.2. The summed E-state index contributed by atoms with van der Waals surface area (Å²) >= 11 is 0.981. The molecule has 3 aromatic rings. The first-order chi connectivity index (χ1) is 13.1. The summed E-state index contributed by atoms with van der Waals surface area (Å²) in [5.41, 5.74) is 0.652. The van der Waals surface area contributed by atoms with Crippen molar-refractivity contribution < 1.29 is 14.6 Å². The van der Waals surface area contributed by atoms with Gasteiger partial charge in [0.25, 0.3) is 0 Å². The summed E-state index contributed by atoms with van der Waals surface area (Å²) in [5, 5.41) is 18.7. The van der Waals surface area contributed by atoms with Crippen LogP contribution >= 0.6 is 11.8 Å². The number of carbonyl (C=O) groups is 1. The lowest BCUT2D eigenvalue weighted by Crippen LogP contribution is -2.00. The van der Waals surface area contributed by atoms with Crippen molar-refractivity contribution in [3.63, 3.8) is 0 Å². The third kappa shape index (κ3) is 4.30. The fourth-order valence-corrected chi connectivity index (χ4v) is 3.22. The number of nitrogens with zero attached hydrogens (tertiary/aromatic N) is 2. The van der Waals surface area contributed by atoms with Crippen molar-refractivity contribution in [1.29, 1.82) is 0 Å². The minimum absolute atomic E-state index is 0.0820. The van der Waals surface area contributed by atoms with Gasteiger partial charge in [0.05, 0.1) is 0 Å². The maximum Gasteiger partial charge on any atom is 0.342 e. The van der Waals surface area contributed by atoms with Crippen LogP contribution < -0.4 is 4.74 Å². The van der Waals surface area contributed by atoms with Gasteiger partial charge >= 0.3 is 5.97 Å². The molecule has 0 aliphatic carbocycles. The van der Waals surface area contributed by atoms with Crippen LogP contribution in [-0.4, -0.2) is 32.9 Å². The van der Waals surface area contributed by atoms with Crippen molar-refractivity contribution in [2.75, 3.05) is 6.61 Å². The van der Waals surface area contributed by atoms with Gasteiger partial charge in [-0.05, 0) is 34.7 Å². The van der Waals surface area contributed by atoms with Crippen LogP contribution in [-0.2, 0) is 11.2 Å². The number of carboxylic acids is 1. The van der Waals surface area contributed by atoms with E-state index in [4.69, 9.17) is 11.2 Å². The number of fused-ring (bicyclic) bond motifs is 1. The lowest BCUT2D eigenvalue weighted by atomic mass is 10.0. The normalized spacial score (nSPS) is 11.3. The number of aliphatic carboxylic acids is 1. The van der Waals surface area contributed by atoms with Crippen LogP contribution in [0.15, 0.2) is 46.5 Å². The van der Waals surface area contributed by atoms with Crippen molar-refractivity contribution in [2.45, 2.75) is 18.5 Å². The van der Waals surface area contributed by atoms with E-state index in [9.17, 15) is 9.90 Å². The highest BCUT2D eigenvalue weighted by Crippen LogP contribution is 2.33. The molecule has 0 saturated heterocycles. The molecule has 7 heteroatoms. The molecule has 0 spiro atoms. The van der Waals surface area contributed by atoms with Crippen molar-refractivity contribution in [2.24, 2.45) is 0 Å². The number of aromatic amines is 1. The predicted molar refractivity (Wildman–Crippen MR) is 106 cm³/mol. The number of ether oxygens (including phenoxy) is 1. The number of aromatic nitrogens is 3. The monoisotopic (exact) mass is 379 g/mol. The molecular formula is C20H17N3O3S. The van der Waals surface area contributed by atoms with E-state index in [0.29, 0.717) is 28.7 Å². The first kappa shape index (κ1) is 18.5. The van der Waals surface area contributed by atoms with E-state index in [-0.39, 0.29) is 11.5 Å². The third-order valence-corrected chi connectivity index (χ3v) is 4.65. The largest absolute Gasteiger partial charge is 0.480 e. The van der Waals surface area contributed by atoms with Gasteiger partial charge in [-0.1, -0.05) is 43.2 Å². The lowest BCUT2D eigenvalue weighted by Gasteiger charge is -2.11. The zero-order valence-corrected chi connectivity index (χ0v) is 15.4. The number of thioether (sulfide) groups is 1. The van der Waals surface area contributed by atoms with Gasteiger partial charge in [-0.15, -0.1) is 11.5 Å². The Morgan fingerprint density at radius 2 is 2.19 bits per heavy atom. The summed E-state index contributed by atoms with van der Waals surface area (Å²) in [5.74, 6) is 2.58. The van der Waals surface area contributed by atoms with Gasteiger partial charge in [0.15, 0.2) is 0 Å². The van der Waals surface area contributed by atoms with Gasteiger partial charge in [0, 0.05) is 12.0 Å². The Labute approximate surface area is 160 Å². The van der Waals surface area contributed by atoms with Crippen LogP contribution in [0.3, 0.4) is 0 Å². The Hall–Kier alpha value is -3.24. The predicted octanol–water partition coefficient (Wildman–Crippen LogP) is 3.75. The summed E-state index contributed by atoms with van der Waals surface area (Å²) in [4.78, 5) is 16.2. The molecule has 6 nitrogen and oxygen atoms in total. The van der Waals surface area contributed by atoms with Crippen LogP contribution in [0.25, 0.3) is 16.8 Å². The molecule has 2 aromatic carbocycles. The minimum atomic E-state index is -1.07. The Kier molecular flexibility index (Phi) is 5.79. The van der Waals surface area contributed by atoms with Crippen molar-refractivity contribution in [3.05, 3.63) is 52.7 Å². The molecule has 0 atom stereocenters. The number of hydrogen-bond acceptors (Lipinski definition) is 5. The quantitative estimate of drug-likeness (QED) is 0.369. The van der Waals surface area contributed by atoms with Crippen molar-refractivity contribution in [3.8, 4) is 18.1 Å². The van der Waals surface area contributed by atoms with E-state index in [1.54, 1.807) is 12.1 Å². The van der Waals surface area contributed by atoms with Crippen molar-refractivity contribution in [1.82, 2.24) is 15.2 Å². The molecule has 0 saturated carbocycles. The summed E-state index contributed by atoms with van der Waals surface area (Å²) in [6, 6.07) is 11.4. The van der Waals surface area contributed by atoms with E-state index in [2.05, 4.69) is 21.1 Å². The molecule has 0 aliphatic heterocycles. The minimum Gasteiger partial charge on any atom is -0.480 e. The maximum atomic E-state index is 11.8. The Morgan fingerprint density at radius 3 is 2.89 bits per heavy atom. The number of hydrogen-bond donors (Lipinski definition) is 2. The van der Waals surface area contributed by atoms with Gasteiger partial charge in [-0.3, -0.25) is 5.10 Å². The van der Waals surface area contributed by atoms with Gasteiger partial charge in [0.2, 0.25) is 5.16 Å². The molecule has 0 aliphatic rings. The van der Waals surface area contributed by atoms with Crippen LogP contribution in [0.1, 0.15) is 18.3 Å². The summed E-state index contributed by atoms with van der Waals surface area (Å²) < 4.78 is 5.63. The van der Waals surface area contributed by atoms with E-state index in [1.165, 1.54) is 0 Å². The van der Waals surface area contributed by atoms with Crippen molar-refractivity contribution >= 4 is 34.6 Å². The molecule has 0 unspecified atom stereocenters. The maximum absolute atomic E-state index is 11.8. The number of nitrogens with one attached hydrogen (secondary N) is 1. The van der Waals surface area contributed by atoms with Gasteiger partial charge in [-0.25, -0.2) is 9.78 Å². The molecule has 0 radical (unpaired) electrons. The number of H-pyrrole nitrogens is 1. The zero-order valence-electron chi connectivity index (χ0n) is 14.6. The highest BCUT2D eigenvalue weighted by Gasteiger charge is 2.16. The van der Waals surface area contributed by atoms with Crippen LogP contribution in [0.5, 0.6) is 5.75 Å². The second-order valence-corrected chi connectivity index (χ2v) is 6.53. The molecule has 27 heavy (non-hydrogen) atoms. The first-order valence-corrected chi connectivity index (χ1v) is 9.06. The summed E-state index contributed by atoms with van der Waals surface area (Å²) in [6.07, 6.45) is 7.56. The van der Waals surface area contributed by atoms with Crippen LogP contribution in [0.2, 0.25) is 0 Å². The molecule has 0 fully saturated rings. The summed E-state index contributed by atoms with van der Waals surface area (Å²) in [6.45, 7) is 2.03. The SMILES string of the molecule is C#CCOc1ccc2ccccc2c1/C=C(\Sc1n[nH]c(CC)n1)C(=O)O. The molecule has 1 heterocycles.